The first-order valence-electron chi connectivity index (χ1n) is 8.20. The zero-order chi connectivity index (χ0) is 15.7. The fourth-order valence-electron chi connectivity index (χ4n) is 3.13. The van der Waals surface area contributed by atoms with E-state index >= 15 is 0 Å². The molecule has 22 heavy (non-hydrogen) atoms. The molecule has 0 radical (unpaired) electrons. The predicted octanol–water partition coefficient (Wildman–Crippen LogP) is 2.29. The molecule has 1 aromatic carbocycles. The van der Waals surface area contributed by atoms with Crippen molar-refractivity contribution in [3.05, 3.63) is 35.4 Å². The second-order valence-corrected chi connectivity index (χ2v) is 7.01. The summed E-state index contributed by atoms with van der Waals surface area (Å²) in [4.78, 5) is 14.4. The van der Waals surface area contributed by atoms with E-state index in [1.165, 1.54) is 24.0 Å². The lowest BCUT2D eigenvalue weighted by molar-refractivity contribution is -0.146. The minimum atomic E-state index is -0.345. The van der Waals surface area contributed by atoms with E-state index in [1.807, 2.05) is 13.1 Å². The van der Waals surface area contributed by atoms with E-state index in [-0.39, 0.29) is 17.6 Å². The van der Waals surface area contributed by atoms with E-state index in [4.69, 9.17) is 4.74 Å². The number of nitrogens with one attached hydrogen (secondary N) is 1. The van der Waals surface area contributed by atoms with Crippen molar-refractivity contribution in [1.82, 2.24) is 10.2 Å². The number of hydrogen-bond donors (Lipinski definition) is 1. The zero-order valence-corrected chi connectivity index (χ0v) is 13.8. The Morgan fingerprint density at radius 3 is 2.73 bits per heavy atom. The van der Waals surface area contributed by atoms with Crippen LogP contribution < -0.4 is 5.32 Å². The number of morpholine rings is 1. The van der Waals surface area contributed by atoms with E-state index in [0.717, 1.165) is 0 Å². The quantitative estimate of drug-likeness (QED) is 0.928. The molecule has 1 aliphatic heterocycles. The van der Waals surface area contributed by atoms with Crippen LogP contribution in [0.1, 0.15) is 43.7 Å². The molecular formula is C18H26N2O2. The van der Waals surface area contributed by atoms with E-state index < -0.39 is 0 Å². The molecule has 1 unspecified atom stereocenters. The first-order valence-corrected chi connectivity index (χ1v) is 8.20. The third-order valence-electron chi connectivity index (χ3n) is 4.81. The molecular weight excluding hydrogens is 276 g/mol. The topological polar surface area (TPSA) is 41.6 Å². The molecule has 1 saturated carbocycles. The van der Waals surface area contributed by atoms with Gasteiger partial charge in [0.15, 0.2) is 0 Å². The average molecular weight is 302 g/mol. The molecule has 0 bridgehead atoms. The maximum atomic E-state index is 12.6. The molecule has 1 N–H and O–H groups in total. The van der Waals surface area contributed by atoms with Crippen LogP contribution in [0.25, 0.3) is 0 Å². The zero-order valence-electron chi connectivity index (χ0n) is 13.8. The number of rotatable bonds is 4. The van der Waals surface area contributed by atoms with Gasteiger partial charge in [0.2, 0.25) is 0 Å². The largest absolute Gasteiger partial charge is 0.365 e. The molecule has 1 amide bonds. The van der Waals surface area contributed by atoms with Crippen molar-refractivity contribution in [3.8, 4) is 0 Å². The Labute approximate surface area is 132 Å². The maximum Gasteiger partial charge on any atom is 0.253 e. The summed E-state index contributed by atoms with van der Waals surface area (Å²) in [7, 11) is 1.87. The second-order valence-electron chi connectivity index (χ2n) is 7.01. The SMILES string of the molecule is CC(C)c1ccccc1CN(C)C(=O)C1CNC2(CC2)CO1. The van der Waals surface area contributed by atoms with Crippen molar-refractivity contribution in [2.24, 2.45) is 0 Å². The van der Waals surface area contributed by atoms with Crippen LogP contribution in [0.4, 0.5) is 0 Å². The molecule has 1 aliphatic carbocycles. The van der Waals surface area contributed by atoms with Gasteiger partial charge in [-0.1, -0.05) is 38.1 Å². The van der Waals surface area contributed by atoms with Gasteiger partial charge in [-0.15, -0.1) is 0 Å². The summed E-state index contributed by atoms with van der Waals surface area (Å²) in [6, 6.07) is 8.35. The van der Waals surface area contributed by atoms with Crippen LogP contribution in [0.5, 0.6) is 0 Å². The summed E-state index contributed by atoms with van der Waals surface area (Å²) >= 11 is 0. The molecule has 3 rings (SSSR count). The van der Waals surface area contributed by atoms with Crippen LogP contribution in [0.3, 0.4) is 0 Å². The molecule has 0 aromatic heterocycles. The predicted molar refractivity (Wildman–Crippen MR) is 86.7 cm³/mol. The number of benzene rings is 1. The van der Waals surface area contributed by atoms with Crippen LogP contribution in [-0.2, 0) is 16.1 Å². The molecule has 120 valence electrons. The Balaban J connectivity index is 1.61. The lowest BCUT2D eigenvalue weighted by Gasteiger charge is -2.32. The van der Waals surface area contributed by atoms with Crippen molar-refractivity contribution in [2.75, 3.05) is 20.2 Å². The van der Waals surface area contributed by atoms with Crippen molar-refractivity contribution in [3.63, 3.8) is 0 Å². The highest BCUT2D eigenvalue weighted by Gasteiger charge is 2.47. The van der Waals surface area contributed by atoms with Crippen LogP contribution >= 0.6 is 0 Å². The number of hydrogen-bond acceptors (Lipinski definition) is 3. The lowest BCUT2D eigenvalue weighted by atomic mass is 9.97. The van der Waals surface area contributed by atoms with Crippen LogP contribution in [0.15, 0.2) is 24.3 Å². The highest BCUT2D eigenvalue weighted by atomic mass is 16.5. The van der Waals surface area contributed by atoms with Crippen molar-refractivity contribution in [2.45, 2.75) is 50.8 Å². The Morgan fingerprint density at radius 2 is 2.14 bits per heavy atom. The van der Waals surface area contributed by atoms with Crippen LogP contribution in [-0.4, -0.2) is 42.6 Å². The van der Waals surface area contributed by atoms with Crippen molar-refractivity contribution in [1.29, 1.82) is 0 Å². The van der Waals surface area contributed by atoms with E-state index in [9.17, 15) is 4.79 Å². The normalized spacial score (nSPS) is 22.8. The highest BCUT2D eigenvalue weighted by molar-refractivity contribution is 5.81. The number of nitrogens with zero attached hydrogens (tertiary/aromatic N) is 1. The molecule has 1 atom stereocenters. The van der Waals surface area contributed by atoms with Gasteiger partial charge >= 0.3 is 0 Å². The summed E-state index contributed by atoms with van der Waals surface area (Å²) in [5.41, 5.74) is 2.72. The minimum absolute atomic E-state index is 0.0709. The molecule has 4 nitrogen and oxygen atoms in total. The van der Waals surface area contributed by atoms with Gasteiger partial charge in [0, 0.05) is 25.7 Å². The Kier molecular flexibility index (Phi) is 4.24. The van der Waals surface area contributed by atoms with Gasteiger partial charge in [-0.25, -0.2) is 0 Å². The standard InChI is InChI=1S/C18H26N2O2/c1-13(2)15-7-5-4-6-14(15)11-20(3)17(21)16-10-19-18(8-9-18)12-22-16/h4-7,13,16,19H,8-12H2,1-3H3. The van der Waals surface area contributed by atoms with Crippen molar-refractivity contribution >= 4 is 5.91 Å². The van der Waals surface area contributed by atoms with E-state index in [2.05, 4.69) is 37.4 Å². The van der Waals surface area contributed by atoms with Crippen molar-refractivity contribution < 1.29 is 9.53 Å². The van der Waals surface area contributed by atoms with E-state index in [1.54, 1.807) is 4.90 Å². The third kappa shape index (κ3) is 3.18. The number of likely N-dealkylation sites (N-methyl/N-ethyl adjacent to an activating group) is 1. The van der Waals surface area contributed by atoms with Gasteiger partial charge in [0.25, 0.3) is 5.91 Å². The number of amides is 1. The Morgan fingerprint density at radius 1 is 1.41 bits per heavy atom. The fraction of sp³-hybridized carbons (Fsp3) is 0.611. The first-order chi connectivity index (χ1) is 10.5. The molecule has 2 aliphatic rings. The maximum absolute atomic E-state index is 12.6. The first kappa shape index (κ1) is 15.5. The monoisotopic (exact) mass is 302 g/mol. The molecule has 1 heterocycles. The highest BCUT2D eigenvalue weighted by Crippen LogP contribution is 2.37. The summed E-state index contributed by atoms with van der Waals surface area (Å²) in [5, 5.41) is 3.48. The second kappa shape index (κ2) is 6.01. The van der Waals surface area contributed by atoms with Gasteiger partial charge in [-0.2, -0.15) is 0 Å². The number of carbonyl (C=O) groups excluding carboxylic acids is 1. The summed E-state index contributed by atoms with van der Waals surface area (Å²) in [6.07, 6.45) is 2.00. The third-order valence-corrected chi connectivity index (χ3v) is 4.81. The lowest BCUT2D eigenvalue weighted by Crippen LogP contribution is -2.53. The van der Waals surface area contributed by atoms with E-state index in [0.29, 0.717) is 25.6 Å². The summed E-state index contributed by atoms with van der Waals surface area (Å²) < 4.78 is 5.80. The number of carbonyl (C=O) groups is 1. The summed E-state index contributed by atoms with van der Waals surface area (Å²) in [6.45, 7) is 6.31. The Hall–Kier alpha value is -1.39. The molecule has 1 aromatic rings. The fourth-order valence-corrected chi connectivity index (χ4v) is 3.13. The van der Waals surface area contributed by atoms with Gasteiger partial charge < -0.3 is 15.0 Å². The number of ether oxygens (including phenoxy) is 1. The van der Waals surface area contributed by atoms with Crippen LogP contribution in [0, 0.1) is 0 Å². The minimum Gasteiger partial charge on any atom is -0.365 e. The van der Waals surface area contributed by atoms with Gasteiger partial charge in [0.1, 0.15) is 6.10 Å². The Bertz CT molecular complexity index is 542. The van der Waals surface area contributed by atoms with Gasteiger partial charge in [0.05, 0.1) is 6.61 Å². The smallest absolute Gasteiger partial charge is 0.253 e. The van der Waals surface area contributed by atoms with Gasteiger partial charge in [-0.05, 0) is 29.9 Å². The molecule has 1 spiro atoms. The summed E-state index contributed by atoms with van der Waals surface area (Å²) in [5.74, 6) is 0.531. The van der Waals surface area contributed by atoms with Gasteiger partial charge in [-0.3, -0.25) is 4.79 Å². The molecule has 4 heteroatoms. The molecule has 1 saturated heterocycles. The molecule has 2 fully saturated rings. The van der Waals surface area contributed by atoms with Crippen LogP contribution in [0.2, 0.25) is 0 Å². The average Bonchev–Trinajstić information content (AvgIpc) is 3.27.